The molecule has 1 saturated heterocycles. The second kappa shape index (κ2) is 7.74. The van der Waals surface area contributed by atoms with Crippen molar-refractivity contribution in [3.63, 3.8) is 0 Å². The number of aromatic nitrogens is 3. The fraction of sp³-hybridized carbons (Fsp3) is 0.304. The molecule has 0 saturated carbocycles. The quantitative estimate of drug-likeness (QED) is 0.541. The first-order valence-corrected chi connectivity index (χ1v) is 11.1. The molecule has 4 aromatic rings. The highest BCUT2D eigenvalue weighted by atomic mass is 32.1. The fourth-order valence-electron chi connectivity index (χ4n) is 4.18. The zero-order valence-corrected chi connectivity index (χ0v) is 18.0. The van der Waals surface area contributed by atoms with Gasteiger partial charge in [0.15, 0.2) is 0 Å². The molecule has 6 nitrogen and oxygen atoms in total. The van der Waals surface area contributed by atoms with E-state index in [0.29, 0.717) is 5.82 Å². The van der Waals surface area contributed by atoms with Gasteiger partial charge in [0, 0.05) is 31.9 Å². The van der Waals surface area contributed by atoms with E-state index < -0.39 is 0 Å². The number of piperazine rings is 1. The maximum Gasteiger partial charge on any atom is 0.230 e. The van der Waals surface area contributed by atoms with Gasteiger partial charge in [0.2, 0.25) is 10.8 Å². The lowest BCUT2D eigenvalue weighted by Crippen LogP contribution is -2.47. The van der Waals surface area contributed by atoms with Crippen LogP contribution in [0.25, 0.3) is 4.96 Å². The van der Waals surface area contributed by atoms with Crippen molar-refractivity contribution in [3.05, 3.63) is 76.4 Å². The van der Waals surface area contributed by atoms with Gasteiger partial charge in [0.1, 0.15) is 5.82 Å². The molecular formula is C23H25N5OS. The number of para-hydroxylation sites is 1. The predicted molar refractivity (Wildman–Crippen MR) is 121 cm³/mol. The van der Waals surface area contributed by atoms with Crippen LogP contribution in [0.3, 0.4) is 0 Å². The van der Waals surface area contributed by atoms with Crippen molar-refractivity contribution in [2.24, 2.45) is 0 Å². The number of hydrogen-bond acceptors (Lipinski definition) is 6. The van der Waals surface area contributed by atoms with Crippen molar-refractivity contribution >= 4 is 22.0 Å². The van der Waals surface area contributed by atoms with Gasteiger partial charge < -0.3 is 10.0 Å². The maximum atomic E-state index is 11.0. The number of aryl methyl sites for hydroxylation is 2. The highest BCUT2D eigenvalue weighted by molar-refractivity contribution is 7.17. The number of benzene rings is 2. The summed E-state index contributed by atoms with van der Waals surface area (Å²) in [5, 5.41) is 15.3. The molecule has 1 aliphatic rings. The second-order valence-corrected chi connectivity index (χ2v) is 8.82. The van der Waals surface area contributed by atoms with E-state index in [2.05, 4.69) is 81.4 Å². The molecule has 0 radical (unpaired) electrons. The zero-order chi connectivity index (χ0) is 20.7. The number of thiazole rings is 1. The van der Waals surface area contributed by atoms with E-state index in [1.54, 1.807) is 4.52 Å². The van der Waals surface area contributed by atoms with Crippen LogP contribution >= 0.6 is 11.3 Å². The van der Waals surface area contributed by atoms with Gasteiger partial charge in [-0.15, -0.1) is 5.10 Å². The molecule has 0 unspecified atom stereocenters. The standard InChI is InChI=1S/C23H25N5OS/c1-16-8-10-18(11-9-16)20(21-22(29)28-23(30-21)24-17(2)25-28)27-14-12-26(13-15-27)19-6-4-3-5-7-19/h3-11,20,29H,12-15H2,1-2H3/t20-/m1/s1. The second-order valence-electron chi connectivity index (χ2n) is 7.82. The molecule has 2 aromatic carbocycles. The van der Waals surface area contributed by atoms with E-state index in [9.17, 15) is 5.11 Å². The summed E-state index contributed by atoms with van der Waals surface area (Å²) in [6.07, 6.45) is 0. The normalized spacial score (nSPS) is 16.3. The first kappa shape index (κ1) is 19.1. The minimum atomic E-state index is -0.0164. The minimum absolute atomic E-state index is 0.0164. The Kier molecular flexibility index (Phi) is 4.92. The van der Waals surface area contributed by atoms with Gasteiger partial charge >= 0.3 is 0 Å². The van der Waals surface area contributed by atoms with Crippen molar-refractivity contribution in [3.8, 4) is 5.88 Å². The number of nitrogens with zero attached hydrogens (tertiary/aromatic N) is 5. The zero-order valence-electron chi connectivity index (χ0n) is 17.2. The average molecular weight is 420 g/mol. The summed E-state index contributed by atoms with van der Waals surface area (Å²) in [6, 6.07) is 19.2. The van der Waals surface area contributed by atoms with Gasteiger partial charge in [-0.2, -0.15) is 4.52 Å². The Morgan fingerprint density at radius 3 is 2.30 bits per heavy atom. The van der Waals surface area contributed by atoms with E-state index in [4.69, 9.17) is 0 Å². The molecule has 1 atom stereocenters. The number of fused-ring (bicyclic) bond motifs is 1. The molecule has 3 heterocycles. The van der Waals surface area contributed by atoms with Crippen molar-refractivity contribution in [2.75, 3.05) is 31.1 Å². The Bertz CT molecular complexity index is 1140. The first-order valence-electron chi connectivity index (χ1n) is 10.3. The molecule has 0 amide bonds. The highest BCUT2D eigenvalue weighted by Gasteiger charge is 2.31. The lowest BCUT2D eigenvalue weighted by atomic mass is 10.0. The van der Waals surface area contributed by atoms with Crippen LogP contribution in [0, 0.1) is 13.8 Å². The number of anilines is 1. The summed E-state index contributed by atoms with van der Waals surface area (Å²) in [4.78, 5) is 11.0. The summed E-state index contributed by atoms with van der Waals surface area (Å²) in [5.74, 6) is 0.873. The molecule has 0 aliphatic carbocycles. The summed E-state index contributed by atoms with van der Waals surface area (Å²) < 4.78 is 1.57. The van der Waals surface area contributed by atoms with Crippen molar-refractivity contribution in [1.82, 2.24) is 19.5 Å². The topological polar surface area (TPSA) is 56.9 Å². The molecule has 2 aromatic heterocycles. The molecule has 1 fully saturated rings. The Morgan fingerprint density at radius 1 is 0.933 bits per heavy atom. The van der Waals surface area contributed by atoms with Crippen LogP contribution in [0.15, 0.2) is 54.6 Å². The van der Waals surface area contributed by atoms with Gasteiger partial charge in [-0.1, -0.05) is 59.4 Å². The smallest absolute Gasteiger partial charge is 0.230 e. The molecule has 30 heavy (non-hydrogen) atoms. The van der Waals surface area contributed by atoms with Crippen LogP contribution in [0.5, 0.6) is 5.88 Å². The Morgan fingerprint density at radius 2 is 1.63 bits per heavy atom. The summed E-state index contributed by atoms with van der Waals surface area (Å²) in [6.45, 7) is 7.68. The van der Waals surface area contributed by atoms with Crippen molar-refractivity contribution in [1.29, 1.82) is 0 Å². The van der Waals surface area contributed by atoms with Crippen LogP contribution in [-0.4, -0.2) is 50.8 Å². The lowest BCUT2D eigenvalue weighted by molar-refractivity contribution is 0.211. The van der Waals surface area contributed by atoms with E-state index in [1.165, 1.54) is 28.2 Å². The van der Waals surface area contributed by atoms with Crippen LogP contribution in [-0.2, 0) is 0 Å². The predicted octanol–water partition coefficient (Wildman–Crippen LogP) is 4.02. The molecule has 1 aliphatic heterocycles. The van der Waals surface area contributed by atoms with Crippen LogP contribution in [0.2, 0.25) is 0 Å². The summed E-state index contributed by atoms with van der Waals surface area (Å²) in [7, 11) is 0. The van der Waals surface area contributed by atoms with Crippen LogP contribution < -0.4 is 4.90 Å². The van der Waals surface area contributed by atoms with E-state index in [0.717, 1.165) is 36.0 Å². The molecule has 154 valence electrons. The third-order valence-corrected chi connectivity index (χ3v) is 6.82. The average Bonchev–Trinajstić information content (AvgIpc) is 3.28. The fourth-order valence-corrected chi connectivity index (χ4v) is 5.34. The summed E-state index contributed by atoms with van der Waals surface area (Å²) in [5.41, 5.74) is 3.68. The molecule has 1 N–H and O–H groups in total. The lowest BCUT2D eigenvalue weighted by Gasteiger charge is -2.40. The monoisotopic (exact) mass is 419 g/mol. The number of aromatic hydroxyl groups is 1. The SMILES string of the molecule is Cc1ccc([C@H](c2sc3nc(C)nn3c2O)N2CCN(c3ccccc3)CC2)cc1. The van der Waals surface area contributed by atoms with Gasteiger partial charge in [0.05, 0.1) is 10.9 Å². The Balaban J connectivity index is 1.48. The molecule has 0 spiro atoms. The number of hydrogen-bond donors (Lipinski definition) is 1. The molecule has 0 bridgehead atoms. The highest BCUT2D eigenvalue weighted by Crippen LogP contribution is 2.40. The van der Waals surface area contributed by atoms with Gasteiger partial charge in [-0.3, -0.25) is 4.90 Å². The largest absolute Gasteiger partial charge is 0.492 e. The molecular weight excluding hydrogens is 394 g/mol. The third-order valence-electron chi connectivity index (χ3n) is 5.75. The van der Waals surface area contributed by atoms with Crippen molar-refractivity contribution in [2.45, 2.75) is 19.9 Å². The van der Waals surface area contributed by atoms with Gasteiger partial charge in [-0.25, -0.2) is 4.98 Å². The maximum absolute atomic E-state index is 11.0. The van der Waals surface area contributed by atoms with Crippen LogP contribution in [0.4, 0.5) is 5.69 Å². The molecule has 5 rings (SSSR count). The summed E-state index contributed by atoms with van der Waals surface area (Å²) >= 11 is 1.53. The van der Waals surface area contributed by atoms with Gasteiger partial charge in [0.25, 0.3) is 0 Å². The van der Waals surface area contributed by atoms with Crippen molar-refractivity contribution < 1.29 is 5.11 Å². The first-order chi connectivity index (χ1) is 14.6. The van der Waals surface area contributed by atoms with E-state index in [-0.39, 0.29) is 11.9 Å². The minimum Gasteiger partial charge on any atom is -0.492 e. The van der Waals surface area contributed by atoms with E-state index in [1.807, 2.05) is 6.92 Å². The number of rotatable bonds is 4. The Labute approximate surface area is 180 Å². The molecule has 7 heteroatoms. The Hall–Kier alpha value is -2.90. The van der Waals surface area contributed by atoms with E-state index >= 15 is 0 Å². The third kappa shape index (κ3) is 3.44. The van der Waals surface area contributed by atoms with Crippen LogP contribution in [0.1, 0.15) is 27.9 Å². The van der Waals surface area contributed by atoms with Gasteiger partial charge in [-0.05, 0) is 31.5 Å².